The summed E-state index contributed by atoms with van der Waals surface area (Å²) >= 11 is 1.65. The first-order chi connectivity index (χ1) is 7.65. The Morgan fingerprint density at radius 3 is 2.88 bits per heavy atom. The van der Waals surface area contributed by atoms with E-state index in [1.807, 2.05) is 24.9 Å². The van der Waals surface area contributed by atoms with Gasteiger partial charge in [-0.15, -0.1) is 11.3 Å². The first-order valence-electron chi connectivity index (χ1n) is 4.86. The van der Waals surface area contributed by atoms with Gasteiger partial charge >= 0.3 is 0 Å². The summed E-state index contributed by atoms with van der Waals surface area (Å²) in [6.45, 7) is 2.72. The predicted octanol–water partition coefficient (Wildman–Crippen LogP) is 1.46. The second kappa shape index (κ2) is 4.44. The molecule has 0 unspecified atom stereocenters. The molecular formula is C10H13N5S. The first-order valence-corrected chi connectivity index (χ1v) is 5.74. The molecule has 0 saturated heterocycles. The van der Waals surface area contributed by atoms with Gasteiger partial charge in [0.2, 0.25) is 5.95 Å². The minimum atomic E-state index is 0.291. The van der Waals surface area contributed by atoms with Crippen LogP contribution in [0.5, 0.6) is 0 Å². The Balaban J connectivity index is 2.11. The number of anilines is 2. The molecule has 6 heteroatoms. The van der Waals surface area contributed by atoms with Gasteiger partial charge in [0.05, 0.1) is 17.2 Å². The summed E-state index contributed by atoms with van der Waals surface area (Å²) in [4.78, 5) is 14.4. The van der Waals surface area contributed by atoms with Crippen molar-refractivity contribution in [2.45, 2.75) is 13.5 Å². The van der Waals surface area contributed by atoms with Crippen molar-refractivity contribution in [3.8, 4) is 0 Å². The molecule has 0 spiro atoms. The van der Waals surface area contributed by atoms with Crippen LogP contribution in [-0.4, -0.2) is 22.0 Å². The van der Waals surface area contributed by atoms with Crippen LogP contribution < -0.4 is 10.6 Å². The number of rotatable bonds is 3. The zero-order valence-corrected chi connectivity index (χ0v) is 10.0. The van der Waals surface area contributed by atoms with Gasteiger partial charge in [-0.3, -0.25) is 0 Å². The van der Waals surface area contributed by atoms with Crippen LogP contribution in [0.4, 0.5) is 11.8 Å². The van der Waals surface area contributed by atoms with Crippen LogP contribution in [0.3, 0.4) is 0 Å². The second-order valence-electron chi connectivity index (χ2n) is 3.49. The summed E-state index contributed by atoms with van der Waals surface area (Å²) in [5.41, 5.74) is 6.58. The second-order valence-corrected chi connectivity index (χ2v) is 4.55. The average molecular weight is 235 g/mol. The third-order valence-corrected chi connectivity index (χ3v) is 2.94. The lowest BCUT2D eigenvalue weighted by atomic mass is 10.4. The lowest BCUT2D eigenvalue weighted by Gasteiger charge is -2.16. The Labute approximate surface area is 98.0 Å². The molecule has 84 valence electrons. The number of thiazole rings is 1. The lowest BCUT2D eigenvalue weighted by Crippen LogP contribution is -2.18. The third kappa shape index (κ3) is 2.46. The summed E-state index contributed by atoms with van der Waals surface area (Å²) in [7, 11) is 1.95. The standard InChI is InChI=1S/C10H13N5S/c1-7-13-8(6-16-7)5-15(2)9-3-4-12-10(11)14-9/h3-4,6H,5H2,1-2H3,(H2,11,12,14). The highest BCUT2D eigenvalue weighted by Crippen LogP contribution is 2.14. The number of nitrogen functional groups attached to an aromatic ring is 1. The maximum absolute atomic E-state index is 5.53. The van der Waals surface area contributed by atoms with E-state index in [0.29, 0.717) is 5.95 Å². The molecule has 2 rings (SSSR count). The fourth-order valence-electron chi connectivity index (χ4n) is 1.38. The van der Waals surface area contributed by atoms with Crippen molar-refractivity contribution in [2.75, 3.05) is 17.7 Å². The van der Waals surface area contributed by atoms with E-state index in [9.17, 15) is 0 Å². The number of aryl methyl sites for hydroxylation is 1. The first kappa shape index (κ1) is 10.8. The molecule has 0 atom stereocenters. The summed E-state index contributed by atoms with van der Waals surface area (Å²) < 4.78 is 0. The van der Waals surface area contributed by atoms with E-state index in [0.717, 1.165) is 23.1 Å². The van der Waals surface area contributed by atoms with Gasteiger partial charge in [-0.05, 0) is 13.0 Å². The van der Waals surface area contributed by atoms with E-state index >= 15 is 0 Å². The summed E-state index contributed by atoms with van der Waals surface area (Å²) in [5.74, 6) is 1.09. The molecule has 16 heavy (non-hydrogen) atoms. The molecule has 0 aliphatic rings. The maximum atomic E-state index is 5.53. The van der Waals surface area contributed by atoms with Crippen LogP contribution in [0.25, 0.3) is 0 Å². The lowest BCUT2D eigenvalue weighted by molar-refractivity contribution is 0.867. The van der Waals surface area contributed by atoms with Gasteiger partial charge in [-0.2, -0.15) is 4.98 Å². The average Bonchev–Trinajstić information content (AvgIpc) is 2.64. The zero-order chi connectivity index (χ0) is 11.5. The fraction of sp³-hybridized carbons (Fsp3) is 0.300. The van der Waals surface area contributed by atoms with E-state index in [1.54, 1.807) is 17.5 Å². The molecule has 0 aromatic carbocycles. The third-order valence-electron chi connectivity index (χ3n) is 2.12. The number of aromatic nitrogens is 3. The smallest absolute Gasteiger partial charge is 0.221 e. The summed E-state index contributed by atoms with van der Waals surface area (Å²) in [6, 6.07) is 1.83. The van der Waals surface area contributed by atoms with Crippen molar-refractivity contribution in [3.63, 3.8) is 0 Å². The minimum Gasteiger partial charge on any atom is -0.368 e. The van der Waals surface area contributed by atoms with Crippen LogP contribution >= 0.6 is 11.3 Å². The van der Waals surface area contributed by atoms with Gasteiger partial charge in [-0.1, -0.05) is 0 Å². The molecule has 2 N–H and O–H groups in total. The van der Waals surface area contributed by atoms with Crippen molar-refractivity contribution in [1.29, 1.82) is 0 Å². The molecule has 0 aliphatic carbocycles. The van der Waals surface area contributed by atoms with E-state index < -0.39 is 0 Å². The van der Waals surface area contributed by atoms with E-state index in [4.69, 9.17) is 5.73 Å². The maximum Gasteiger partial charge on any atom is 0.221 e. The topological polar surface area (TPSA) is 67.9 Å². The molecule has 0 saturated carbocycles. The quantitative estimate of drug-likeness (QED) is 0.872. The highest BCUT2D eigenvalue weighted by atomic mass is 32.1. The molecule has 2 aromatic heterocycles. The van der Waals surface area contributed by atoms with Crippen molar-refractivity contribution in [3.05, 3.63) is 28.3 Å². The number of hydrogen-bond donors (Lipinski definition) is 1. The summed E-state index contributed by atoms with van der Waals surface area (Å²) in [5, 5.41) is 3.13. The Hall–Kier alpha value is -1.69. The molecule has 0 radical (unpaired) electrons. The van der Waals surface area contributed by atoms with Gasteiger partial charge in [0.1, 0.15) is 5.82 Å². The van der Waals surface area contributed by atoms with Gasteiger partial charge in [-0.25, -0.2) is 9.97 Å². The molecule has 2 aromatic rings. The number of hydrogen-bond acceptors (Lipinski definition) is 6. The van der Waals surface area contributed by atoms with Crippen LogP contribution in [0.1, 0.15) is 10.7 Å². The fourth-order valence-corrected chi connectivity index (χ4v) is 1.99. The van der Waals surface area contributed by atoms with Crippen molar-refractivity contribution in [1.82, 2.24) is 15.0 Å². The molecule has 0 fully saturated rings. The van der Waals surface area contributed by atoms with Crippen LogP contribution in [0.2, 0.25) is 0 Å². The van der Waals surface area contributed by atoms with Crippen LogP contribution in [-0.2, 0) is 6.54 Å². The Bertz CT molecular complexity index is 482. The Kier molecular flexibility index (Phi) is 3.00. The molecule has 0 bridgehead atoms. The Morgan fingerprint density at radius 2 is 2.25 bits per heavy atom. The van der Waals surface area contributed by atoms with Crippen molar-refractivity contribution < 1.29 is 0 Å². The normalized spacial score (nSPS) is 10.4. The monoisotopic (exact) mass is 235 g/mol. The van der Waals surface area contributed by atoms with Crippen molar-refractivity contribution >= 4 is 23.1 Å². The SMILES string of the molecule is Cc1nc(CN(C)c2ccnc(N)n2)cs1. The minimum absolute atomic E-state index is 0.291. The van der Waals surface area contributed by atoms with Crippen molar-refractivity contribution in [2.24, 2.45) is 0 Å². The van der Waals surface area contributed by atoms with Gasteiger partial charge in [0, 0.05) is 18.6 Å². The van der Waals surface area contributed by atoms with Gasteiger partial charge < -0.3 is 10.6 Å². The van der Waals surface area contributed by atoms with E-state index in [-0.39, 0.29) is 0 Å². The Morgan fingerprint density at radius 1 is 1.44 bits per heavy atom. The molecule has 0 amide bonds. The molecule has 5 nitrogen and oxygen atoms in total. The van der Waals surface area contributed by atoms with Crippen LogP contribution in [0, 0.1) is 6.92 Å². The van der Waals surface area contributed by atoms with Crippen LogP contribution in [0.15, 0.2) is 17.6 Å². The van der Waals surface area contributed by atoms with E-state index in [2.05, 4.69) is 20.3 Å². The molecular weight excluding hydrogens is 222 g/mol. The molecule has 2 heterocycles. The van der Waals surface area contributed by atoms with Gasteiger partial charge in [0.15, 0.2) is 0 Å². The highest BCUT2D eigenvalue weighted by Gasteiger charge is 2.06. The summed E-state index contributed by atoms with van der Waals surface area (Å²) in [6.07, 6.45) is 1.65. The predicted molar refractivity (Wildman–Crippen MR) is 65.4 cm³/mol. The molecule has 0 aliphatic heterocycles. The zero-order valence-electron chi connectivity index (χ0n) is 9.21. The highest BCUT2D eigenvalue weighted by molar-refractivity contribution is 7.09. The van der Waals surface area contributed by atoms with E-state index in [1.165, 1.54) is 0 Å². The van der Waals surface area contributed by atoms with Gasteiger partial charge in [0.25, 0.3) is 0 Å². The largest absolute Gasteiger partial charge is 0.368 e. The number of nitrogens with zero attached hydrogens (tertiary/aromatic N) is 4. The number of nitrogens with two attached hydrogens (primary N) is 1.